The zero-order chi connectivity index (χ0) is 15.4. The third kappa shape index (κ3) is 3.26. The Hall–Kier alpha value is -2.39. The van der Waals surface area contributed by atoms with Crippen molar-refractivity contribution >= 4 is 28.3 Å². The SMILES string of the molecule is O=C(NCCc1cccc(Cl)c1)c1cccc2ccncc12. The van der Waals surface area contributed by atoms with Gasteiger partial charge in [-0.05, 0) is 41.6 Å². The third-order valence-corrected chi connectivity index (χ3v) is 3.75. The molecule has 110 valence electrons. The van der Waals surface area contributed by atoms with Gasteiger partial charge in [0.2, 0.25) is 0 Å². The van der Waals surface area contributed by atoms with Crippen molar-refractivity contribution in [3.05, 3.63) is 77.1 Å². The molecule has 1 heterocycles. The Morgan fingerprint density at radius 3 is 2.86 bits per heavy atom. The van der Waals surface area contributed by atoms with Crippen molar-refractivity contribution in [2.75, 3.05) is 6.54 Å². The van der Waals surface area contributed by atoms with Crippen LogP contribution in [0.4, 0.5) is 0 Å². The van der Waals surface area contributed by atoms with Gasteiger partial charge in [-0.3, -0.25) is 9.78 Å². The Kier molecular flexibility index (Phi) is 4.35. The first kappa shape index (κ1) is 14.5. The van der Waals surface area contributed by atoms with E-state index in [1.54, 1.807) is 12.4 Å². The van der Waals surface area contributed by atoms with Crippen LogP contribution in [0, 0.1) is 0 Å². The molecule has 1 amide bonds. The smallest absolute Gasteiger partial charge is 0.251 e. The summed E-state index contributed by atoms with van der Waals surface area (Å²) in [7, 11) is 0. The van der Waals surface area contributed by atoms with Crippen molar-refractivity contribution in [2.24, 2.45) is 0 Å². The molecule has 0 unspecified atom stereocenters. The van der Waals surface area contributed by atoms with E-state index in [0.29, 0.717) is 17.1 Å². The van der Waals surface area contributed by atoms with E-state index in [1.165, 1.54) is 0 Å². The quantitative estimate of drug-likeness (QED) is 0.795. The van der Waals surface area contributed by atoms with Crippen LogP contribution in [-0.2, 0) is 6.42 Å². The summed E-state index contributed by atoms with van der Waals surface area (Å²) in [5, 5.41) is 5.54. The minimum absolute atomic E-state index is 0.0828. The molecular formula is C18H15ClN2O. The van der Waals surface area contributed by atoms with E-state index in [1.807, 2.05) is 48.5 Å². The number of rotatable bonds is 4. The van der Waals surface area contributed by atoms with E-state index >= 15 is 0 Å². The molecule has 4 heteroatoms. The molecule has 0 aliphatic heterocycles. The lowest BCUT2D eigenvalue weighted by molar-refractivity contribution is 0.0956. The van der Waals surface area contributed by atoms with Crippen LogP contribution in [0.2, 0.25) is 5.02 Å². The van der Waals surface area contributed by atoms with Crippen molar-refractivity contribution in [3.8, 4) is 0 Å². The Morgan fingerprint density at radius 1 is 1.14 bits per heavy atom. The van der Waals surface area contributed by atoms with E-state index in [9.17, 15) is 4.79 Å². The van der Waals surface area contributed by atoms with Crippen molar-refractivity contribution in [2.45, 2.75) is 6.42 Å². The summed E-state index contributed by atoms with van der Waals surface area (Å²) in [5.41, 5.74) is 1.75. The minimum Gasteiger partial charge on any atom is -0.352 e. The van der Waals surface area contributed by atoms with Gasteiger partial charge in [0.25, 0.3) is 5.91 Å². The molecule has 0 atom stereocenters. The molecular weight excluding hydrogens is 296 g/mol. The van der Waals surface area contributed by atoms with Crippen LogP contribution >= 0.6 is 11.6 Å². The zero-order valence-electron chi connectivity index (χ0n) is 11.9. The Bertz CT molecular complexity index is 812. The highest BCUT2D eigenvalue weighted by Crippen LogP contribution is 2.17. The number of hydrogen-bond acceptors (Lipinski definition) is 2. The summed E-state index contributed by atoms with van der Waals surface area (Å²) in [6, 6.07) is 15.2. The molecule has 0 bridgehead atoms. The van der Waals surface area contributed by atoms with Crippen LogP contribution in [-0.4, -0.2) is 17.4 Å². The van der Waals surface area contributed by atoms with E-state index in [-0.39, 0.29) is 5.91 Å². The lowest BCUT2D eigenvalue weighted by Gasteiger charge is -2.08. The van der Waals surface area contributed by atoms with Gasteiger partial charge < -0.3 is 5.32 Å². The molecule has 0 saturated heterocycles. The highest BCUT2D eigenvalue weighted by Gasteiger charge is 2.09. The normalized spacial score (nSPS) is 10.6. The van der Waals surface area contributed by atoms with Gasteiger partial charge in [-0.15, -0.1) is 0 Å². The topological polar surface area (TPSA) is 42.0 Å². The van der Waals surface area contributed by atoms with Gasteiger partial charge in [0.1, 0.15) is 0 Å². The van der Waals surface area contributed by atoms with Crippen LogP contribution in [0.5, 0.6) is 0 Å². The fraction of sp³-hybridized carbons (Fsp3) is 0.111. The molecule has 22 heavy (non-hydrogen) atoms. The maximum absolute atomic E-state index is 12.4. The monoisotopic (exact) mass is 310 g/mol. The molecule has 0 aliphatic rings. The van der Waals surface area contributed by atoms with Crippen LogP contribution < -0.4 is 5.32 Å². The highest BCUT2D eigenvalue weighted by molar-refractivity contribution is 6.30. The molecule has 3 aromatic rings. The Balaban J connectivity index is 1.69. The summed E-state index contributed by atoms with van der Waals surface area (Å²) in [4.78, 5) is 16.4. The average molecular weight is 311 g/mol. The number of halogens is 1. The number of fused-ring (bicyclic) bond motifs is 1. The largest absolute Gasteiger partial charge is 0.352 e. The summed E-state index contributed by atoms with van der Waals surface area (Å²) in [5.74, 6) is -0.0828. The van der Waals surface area contributed by atoms with Gasteiger partial charge in [0, 0.05) is 34.9 Å². The first-order valence-corrected chi connectivity index (χ1v) is 7.47. The number of carbonyl (C=O) groups is 1. The highest BCUT2D eigenvalue weighted by atomic mass is 35.5. The summed E-state index contributed by atoms with van der Waals surface area (Å²) in [6.45, 7) is 0.565. The predicted octanol–water partition coefficient (Wildman–Crippen LogP) is 3.86. The average Bonchev–Trinajstić information content (AvgIpc) is 2.54. The molecule has 3 rings (SSSR count). The molecule has 1 aromatic heterocycles. The van der Waals surface area contributed by atoms with Crippen molar-refractivity contribution in [3.63, 3.8) is 0 Å². The zero-order valence-corrected chi connectivity index (χ0v) is 12.7. The summed E-state index contributed by atoms with van der Waals surface area (Å²) in [6.07, 6.45) is 4.19. The lowest BCUT2D eigenvalue weighted by Crippen LogP contribution is -2.25. The molecule has 0 spiro atoms. The molecule has 1 N–H and O–H groups in total. The van der Waals surface area contributed by atoms with Gasteiger partial charge in [-0.25, -0.2) is 0 Å². The predicted molar refractivity (Wildman–Crippen MR) is 89.2 cm³/mol. The Morgan fingerprint density at radius 2 is 2.00 bits per heavy atom. The number of pyridine rings is 1. The lowest BCUT2D eigenvalue weighted by atomic mass is 10.1. The van der Waals surface area contributed by atoms with Crippen molar-refractivity contribution in [1.29, 1.82) is 0 Å². The first-order chi connectivity index (χ1) is 10.7. The van der Waals surface area contributed by atoms with Crippen LogP contribution in [0.3, 0.4) is 0 Å². The number of nitrogens with zero attached hydrogens (tertiary/aromatic N) is 1. The van der Waals surface area contributed by atoms with Gasteiger partial charge in [0.15, 0.2) is 0 Å². The molecule has 3 nitrogen and oxygen atoms in total. The maximum Gasteiger partial charge on any atom is 0.251 e. The number of amides is 1. The second-order valence-corrected chi connectivity index (χ2v) is 5.47. The number of hydrogen-bond donors (Lipinski definition) is 1. The molecule has 0 aliphatic carbocycles. The fourth-order valence-corrected chi connectivity index (χ4v) is 2.63. The second kappa shape index (κ2) is 6.58. The third-order valence-electron chi connectivity index (χ3n) is 3.52. The Labute approximate surface area is 133 Å². The van der Waals surface area contributed by atoms with Crippen molar-refractivity contribution < 1.29 is 4.79 Å². The number of nitrogens with one attached hydrogen (secondary N) is 1. The van der Waals surface area contributed by atoms with Crippen LogP contribution in [0.1, 0.15) is 15.9 Å². The van der Waals surface area contributed by atoms with Crippen LogP contribution in [0.15, 0.2) is 60.9 Å². The molecule has 0 fully saturated rings. The van der Waals surface area contributed by atoms with Crippen molar-refractivity contribution in [1.82, 2.24) is 10.3 Å². The van der Waals surface area contributed by atoms with Gasteiger partial charge >= 0.3 is 0 Å². The summed E-state index contributed by atoms with van der Waals surface area (Å²) < 4.78 is 0. The fourth-order valence-electron chi connectivity index (χ4n) is 2.42. The second-order valence-electron chi connectivity index (χ2n) is 5.04. The molecule has 2 aromatic carbocycles. The van der Waals surface area contributed by atoms with E-state index < -0.39 is 0 Å². The number of carbonyl (C=O) groups excluding carboxylic acids is 1. The van der Waals surface area contributed by atoms with E-state index in [4.69, 9.17) is 11.6 Å². The van der Waals surface area contributed by atoms with Crippen LogP contribution in [0.25, 0.3) is 10.8 Å². The summed E-state index contributed by atoms with van der Waals surface area (Å²) >= 11 is 5.95. The van der Waals surface area contributed by atoms with Gasteiger partial charge in [-0.2, -0.15) is 0 Å². The maximum atomic E-state index is 12.4. The standard InChI is InChI=1S/C18H15ClN2O/c19-15-5-1-3-13(11-15)7-10-21-18(22)16-6-2-4-14-8-9-20-12-17(14)16/h1-6,8-9,11-12H,7,10H2,(H,21,22). The van der Waals surface area contributed by atoms with Gasteiger partial charge in [0.05, 0.1) is 0 Å². The first-order valence-electron chi connectivity index (χ1n) is 7.09. The number of benzene rings is 2. The minimum atomic E-state index is -0.0828. The van der Waals surface area contributed by atoms with Gasteiger partial charge in [-0.1, -0.05) is 35.9 Å². The van der Waals surface area contributed by atoms with E-state index in [2.05, 4.69) is 10.3 Å². The molecule has 0 radical (unpaired) electrons. The van der Waals surface area contributed by atoms with E-state index in [0.717, 1.165) is 22.8 Å². The molecule has 0 saturated carbocycles. The number of aromatic nitrogens is 1.